The van der Waals surface area contributed by atoms with Gasteiger partial charge in [0.05, 0.1) is 11.4 Å². The molecule has 1 aliphatic carbocycles. The lowest BCUT2D eigenvalue weighted by molar-refractivity contribution is 1.05. The van der Waals surface area contributed by atoms with Crippen molar-refractivity contribution in [2.24, 2.45) is 15.0 Å². The molecule has 6 heterocycles. The first kappa shape index (κ1) is 48.9. The molecule has 8 aromatic carbocycles. The van der Waals surface area contributed by atoms with Gasteiger partial charge in [0.1, 0.15) is 25.3 Å². The highest BCUT2D eigenvalue weighted by molar-refractivity contribution is 6.16. The predicted molar refractivity (Wildman–Crippen MR) is 296 cm³/mol. The van der Waals surface area contributed by atoms with E-state index in [1.165, 1.54) is 96.7 Å². The van der Waals surface area contributed by atoms with E-state index in [4.69, 9.17) is 0 Å². The van der Waals surface area contributed by atoms with Gasteiger partial charge in [-0.3, -0.25) is 24.9 Å². The molecular formula is C62H52N10. The summed E-state index contributed by atoms with van der Waals surface area (Å²) in [4.78, 5) is 38.0. The predicted octanol–water partition coefficient (Wildman–Crippen LogP) is 14.1. The van der Waals surface area contributed by atoms with Crippen LogP contribution in [0.2, 0.25) is 0 Å². The fraction of sp³-hybridized carbons (Fsp3) is 0.0645. The summed E-state index contributed by atoms with van der Waals surface area (Å²) >= 11 is 0. The van der Waals surface area contributed by atoms with Crippen LogP contribution in [0.1, 0.15) is 28.7 Å². The number of rotatable bonds is 0. The first-order valence-corrected chi connectivity index (χ1v) is 23.6. The van der Waals surface area contributed by atoms with Crippen molar-refractivity contribution in [1.29, 1.82) is 0 Å². The molecular weight excluding hydrogens is 885 g/mol. The summed E-state index contributed by atoms with van der Waals surface area (Å²) in [5.41, 5.74) is 10.8. The lowest BCUT2D eigenvalue weighted by Gasteiger charge is -2.09. The fourth-order valence-electron chi connectivity index (χ4n) is 8.06. The molecule has 0 atom stereocenters. The highest BCUT2D eigenvalue weighted by Gasteiger charge is 2.17. The number of hydrogen-bond donors (Lipinski definition) is 0. The van der Waals surface area contributed by atoms with Crippen LogP contribution < -0.4 is 0 Å². The molecule has 0 bridgehead atoms. The minimum absolute atomic E-state index is 0.959. The average Bonchev–Trinajstić information content (AvgIpc) is 4.35. The fourth-order valence-corrected chi connectivity index (χ4v) is 8.06. The Kier molecular flexibility index (Phi) is 18.6. The van der Waals surface area contributed by atoms with Crippen molar-refractivity contribution in [1.82, 2.24) is 34.9 Å². The molecule has 0 saturated carbocycles. The van der Waals surface area contributed by atoms with Crippen LogP contribution in [0.25, 0.3) is 43.4 Å². The quantitative estimate of drug-likeness (QED) is 0.139. The number of benzene rings is 8. The van der Waals surface area contributed by atoms with E-state index < -0.39 is 0 Å². The SMILES string of the molecule is C1=CN=CC1.C1=Nc2c(c3ccccc3c3ccccc23)C1.C1=Nc2ccccc2C1.c1ccc2c(c1)Cc1ccccc1-2.c1ccc2ccccc2c1.c1cnccn1.c1cncnc1.c1ncncn1. The van der Waals surface area contributed by atoms with Crippen molar-refractivity contribution in [3.63, 3.8) is 0 Å². The Labute approximate surface area is 420 Å². The van der Waals surface area contributed by atoms with Crippen LogP contribution >= 0.6 is 0 Å². The molecule has 3 aromatic heterocycles. The van der Waals surface area contributed by atoms with Crippen LogP contribution in [0.3, 0.4) is 0 Å². The Morgan fingerprint density at radius 2 is 0.806 bits per heavy atom. The van der Waals surface area contributed by atoms with Crippen molar-refractivity contribution >= 4 is 62.3 Å². The zero-order valence-electron chi connectivity index (χ0n) is 39.7. The van der Waals surface area contributed by atoms with Gasteiger partial charge in [-0.2, -0.15) is 0 Å². The van der Waals surface area contributed by atoms with E-state index in [2.05, 4.69) is 202 Å². The molecule has 3 aliphatic heterocycles. The van der Waals surface area contributed by atoms with Gasteiger partial charge in [0, 0.05) is 86.7 Å². The van der Waals surface area contributed by atoms with E-state index in [-0.39, 0.29) is 0 Å². The van der Waals surface area contributed by atoms with Crippen molar-refractivity contribution in [3.05, 3.63) is 273 Å². The summed E-state index contributed by atoms with van der Waals surface area (Å²) in [6, 6.07) is 61.2. The van der Waals surface area contributed by atoms with Gasteiger partial charge in [-0.25, -0.2) is 24.9 Å². The first-order chi connectivity index (χ1) is 35.8. The summed E-state index contributed by atoms with van der Waals surface area (Å²) in [7, 11) is 0. The van der Waals surface area contributed by atoms with E-state index in [0.717, 1.165) is 31.4 Å². The number of nitrogens with zero attached hydrogens (tertiary/aromatic N) is 10. The molecule has 0 unspecified atom stereocenters. The van der Waals surface area contributed by atoms with Crippen LogP contribution in [0.4, 0.5) is 11.4 Å². The molecule has 72 heavy (non-hydrogen) atoms. The summed E-state index contributed by atoms with van der Waals surface area (Å²) in [6.07, 6.45) is 29.5. The Morgan fingerprint density at radius 3 is 1.28 bits per heavy atom. The van der Waals surface area contributed by atoms with E-state index in [1.54, 1.807) is 49.4 Å². The minimum atomic E-state index is 0.959. The molecule has 0 N–H and O–H groups in total. The first-order valence-electron chi connectivity index (χ1n) is 23.6. The molecule has 11 aromatic rings. The van der Waals surface area contributed by atoms with E-state index >= 15 is 0 Å². The topological polar surface area (TPSA) is 127 Å². The van der Waals surface area contributed by atoms with Crippen molar-refractivity contribution in [2.75, 3.05) is 0 Å². The lowest BCUT2D eigenvalue weighted by Crippen LogP contribution is -1.85. The molecule has 0 fully saturated rings. The maximum absolute atomic E-state index is 4.55. The summed E-state index contributed by atoms with van der Waals surface area (Å²) < 4.78 is 0. The average molecular weight is 937 g/mol. The number of allylic oxidation sites excluding steroid dienone is 1. The number of fused-ring (bicyclic) bond motifs is 11. The molecule has 4 aliphatic rings. The van der Waals surface area contributed by atoms with E-state index in [0.29, 0.717) is 0 Å². The number of hydrogen-bond acceptors (Lipinski definition) is 10. The van der Waals surface area contributed by atoms with Gasteiger partial charge in [0.15, 0.2) is 0 Å². The van der Waals surface area contributed by atoms with Crippen LogP contribution in [0.5, 0.6) is 0 Å². The molecule has 0 spiro atoms. The molecule has 15 rings (SSSR count). The summed E-state index contributed by atoms with van der Waals surface area (Å²) in [5, 5.41) is 7.89. The number of aliphatic imine (C=N–C) groups is 3. The molecule has 0 saturated heterocycles. The standard InChI is InChI=1S/C16H11N.C13H10.C10H8.C8H7N.2C4H4N2.C4H5N.C3H3N3/c1-2-7-13-11(5-1)12-6-3-4-8-14(12)16-15(13)9-10-17-16;1-3-7-12-10(5-1)9-11-6-2-4-8-13(11)12;1-2-6-10-8-4-3-7-9(10)5-1;1-2-4-8-7(3-1)5-6-9-8;1-2-6-4-3-5-1;1-2-5-4-6-3-1;1-2-4-5-3-1;1-4-2-6-3-5-1/h1-8,10H,9H2;1-8H,9H2;1-8H;1-4,6H,5H2;2*1-4H;1,3-4H,2H2;1-3H. The zero-order valence-corrected chi connectivity index (χ0v) is 39.7. The third-order valence-corrected chi connectivity index (χ3v) is 11.3. The second-order valence-electron chi connectivity index (χ2n) is 16.0. The largest absolute Gasteiger partial charge is 0.269 e. The van der Waals surface area contributed by atoms with Crippen molar-refractivity contribution in [2.45, 2.75) is 25.7 Å². The minimum Gasteiger partial charge on any atom is -0.269 e. The van der Waals surface area contributed by atoms with Crippen LogP contribution in [-0.4, -0.2) is 53.5 Å². The molecule has 10 heteroatoms. The second kappa shape index (κ2) is 27.5. The Balaban J connectivity index is 0.000000114. The van der Waals surface area contributed by atoms with Gasteiger partial charge in [0.2, 0.25) is 0 Å². The normalized spacial score (nSPS) is 11.7. The summed E-state index contributed by atoms with van der Waals surface area (Å²) in [6.45, 7) is 0. The monoisotopic (exact) mass is 936 g/mol. The smallest absolute Gasteiger partial charge is 0.119 e. The Hall–Kier alpha value is -9.54. The molecule has 350 valence electrons. The van der Waals surface area contributed by atoms with Crippen LogP contribution in [-0.2, 0) is 19.3 Å². The van der Waals surface area contributed by atoms with Crippen LogP contribution in [0, 0.1) is 0 Å². The van der Waals surface area contributed by atoms with E-state index in [1.807, 2.05) is 42.9 Å². The maximum atomic E-state index is 4.55. The highest BCUT2D eigenvalue weighted by Crippen LogP contribution is 2.40. The Bertz CT molecular complexity index is 3220. The Morgan fingerprint density at radius 1 is 0.333 bits per heavy atom. The molecule has 0 amide bonds. The van der Waals surface area contributed by atoms with Gasteiger partial charge in [-0.05, 0) is 78.9 Å². The third kappa shape index (κ3) is 14.3. The van der Waals surface area contributed by atoms with Crippen LogP contribution in [0.15, 0.2) is 266 Å². The number of aromatic nitrogens is 7. The number of para-hydroxylation sites is 1. The van der Waals surface area contributed by atoms with Gasteiger partial charge < -0.3 is 0 Å². The molecule has 0 radical (unpaired) electrons. The van der Waals surface area contributed by atoms with Gasteiger partial charge in [-0.15, -0.1) is 0 Å². The van der Waals surface area contributed by atoms with E-state index in [9.17, 15) is 0 Å². The van der Waals surface area contributed by atoms with Gasteiger partial charge >= 0.3 is 0 Å². The van der Waals surface area contributed by atoms with Gasteiger partial charge in [-0.1, -0.05) is 170 Å². The second-order valence-corrected chi connectivity index (χ2v) is 16.0. The third-order valence-electron chi connectivity index (χ3n) is 11.3. The summed E-state index contributed by atoms with van der Waals surface area (Å²) in [5.74, 6) is 0. The van der Waals surface area contributed by atoms with Gasteiger partial charge in [0.25, 0.3) is 0 Å². The maximum Gasteiger partial charge on any atom is 0.119 e. The highest BCUT2D eigenvalue weighted by atomic mass is 14.9. The lowest BCUT2D eigenvalue weighted by atomic mass is 9.95. The molecule has 10 nitrogen and oxygen atoms in total. The zero-order chi connectivity index (χ0) is 49.1. The van der Waals surface area contributed by atoms with Crippen molar-refractivity contribution in [3.8, 4) is 11.1 Å². The van der Waals surface area contributed by atoms with Crippen molar-refractivity contribution < 1.29 is 0 Å².